The fourth-order valence-electron chi connectivity index (χ4n) is 1.26. The Morgan fingerprint density at radius 3 is 3.00 bits per heavy atom. The maximum absolute atomic E-state index is 5.16. The second-order valence-corrected chi connectivity index (χ2v) is 3.67. The molecule has 0 aliphatic heterocycles. The van der Waals surface area contributed by atoms with Gasteiger partial charge in [-0.15, -0.1) is 0 Å². The molecule has 0 saturated carbocycles. The van der Waals surface area contributed by atoms with Crippen LogP contribution in [0.2, 0.25) is 0 Å². The molecule has 2 aromatic rings. The SMILES string of the molecule is COc1cc2ncc(C)n2cc1Br. The number of aromatic nitrogens is 2. The molecular weight excluding hydrogens is 232 g/mol. The number of hydrogen-bond acceptors (Lipinski definition) is 2. The average Bonchev–Trinajstić information content (AvgIpc) is 2.47. The van der Waals surface area contributed by atoms with Crippen molar-refractivity contribution in [2.75, 3.05) is 7.11 Å². The molecule has 2 rings (SSSR count). The molecule has 0 N–H and O–H groups in total. The largest absolute Gasteiger partial charge is 0.495 e. The highest BCUT2D eigenvalue weighted by Crippen LogP contribution is 2.26. The summed E-state index contributed by atoms with van der Waals surface area (Å²) in [7, 11) is 1.65. The Morgan fingerprint density at radius 2 is 2.31 bits per heavy atom. The third-order valence-electron chi connectivity index (χ3n) is 1.97. The summed E-state index contributed by atoms with van der Waals surface area (Å²) in [5, 5.41) is 0. The van der Waals surface area contributed by atoms with Gasteiger partial charge >= 0.3 is 0 Å². The molecule has 0 fully saturated rings. The first-order valence-electron chi connectivity index (χ1n) is 3.89. The van der Waals surface area contributed by atoms with Gasteiger partial charge in [-0.2, -0.15) is 0 Å². The van der Waals surface area contributed by atoms with Crippen molar-refractivity contribution in [1.29, 1.82) is 0 Å². The standard InChI is InChI=1S/C9H9BrN2O/c1-6-4-11-9-3-8(13-2)7(10)5-12(6)9/h3-5H,1-2H3. The number of imidazole rings is 1. The van der Waals surface area contributed by atoms with Crippen molar-refractivity contribution in [2.24, 2.45) is 0 Å². The fourth-order valence-corrected chi connectivity index (χ4v) is 1.74. The monoisotopic (exact) mass is 240 g/mol. The number of methoxy groups -OCH3 is 1. The van der Waals surface area contributed by atoms with E-state index < -0.39 is 0 Å². The van der Waals surface area contributed by atoms with Crippen LogP contribution in [-0.2, 0) is 0 Å². The van der Waals surface area contributed by atoms with Crippen molar-refractivity contribution in [2.45, 2.75) is 6.92 Å². The highest BCUT2D eigenvalue weighted by Gasteiger charge is 2.04. The normalized spacial score (nSPS) is 10.7. The smallest absolute Gasteiger partial charge is 0.140 e. The van der Waals surface area contributed by atoms with Gasteiger partial charge in [0.1, 0.15) is 11.4 Å². The third kappa shape index (κ3) is 1.31. The van der Waals surface area contributed by atoms with E-state index in [-0.39, 0.29) is 0 Å². The van der Waals surface area contributed by atoms with Crippen LogP contribution in [0, 0.1) is 6.92 Å². The molecule has 13 heavy (non-hydrogen) atoms. The van der Waals surface area contributed by atoms with Crippen LogP contribution in [0.15, 0.2) is 22.9 Å². The van der Waals surface area contributed by atoms with Gasteiger partial charge in [-0.25, -0.2) is 4.98 Å². The van der Waals surface area contributed by atoms with Crippen LogP contribution in [0.5, 0.6) is 5.75 Å². The first kappa shape index (κ1) is 8.56. The Hall–Kier alpha value is -1.03. The lowest BCUT2D eigenvalue weighted by atomic mass is 10.4. The lowest BCUT2D eigenvalue weighted by Crippen LogP contribution is -1.91. The lowest BCUT2D eigenvalue weighted by Gasteiger charge is -2.04. The number of rotatable bonds is 1. The number of nitrogens with zero attached hydrogens (tertiary/aromatic N) is 2. The first-order chi connectivity index (χ1) is 6.22. The summed E-state index contributed by atoms with van der Waals surface area (Å²) in [6, 6.07) is 1.90. The molecule has 0 unspecified atom stereocenters. The molecule has 3 nitrogen and oxygen atoms in total. The topological polar surface area (TPSA) is 26.5 Å². The fraction of sp³-hybridized carbons (Fsp3) is 0.222. The minimum absolute atomic E-state index is 0.804. The Balaban J connectivity index is 2.76. The van der Waals surface area contributed by atoms with Crippen LogP contribution in [-0.4, -0.2) is 16.5 Å². The Bertz CT molecular complexity index is 450. The van der Waals surface area contributed by atoms with E-state index in [9.17, 15) is 0 Å². The minimum atomic E-state index is 0.804. The molecule has 0 saturated heterocycles. The second kappa shape index (κ2) is 3.03. The predicted molar refractivity (Wildman–Crippen MR) is 54.2 cm³/mol. The van der Waals surface area contributed by atoms with Crippen LogP contribution in [0.3, 0.4) is 0 Å². The van der Waals surface area contributed by atoms with Gasteiger partial charge in [0.05, 0.1) is 11.6 Å². The number of pyridine rings is 1. The van der Waals surface area contributed by atoms with E-state index in [0.717, 1.165) is 21.6 Å². The molecule has 0 atom stereocenters. The van der Waals surface area contributed by atoms with Crippen LogP contribution in [0.25, 0.3) is 5.65 Å². The molecule has 2 heterocycles. The molecule has 0 radical (unpaired) electrons. The van der Waals surface area contributed by atoms with Gasteiger partial charge < -0.3 is 9.14 Å². The molecule has 68 valence electrons. The summed E-state index contributed by atoms with van der Waals surface area (Å²) in [6.45, 7) is 2.01. The van der Waals surface area contributed by atoms with Gasteiger partial charge in [0.25, 0.3) is 0 Å². The minimum Gasteiger partial charge on any atom is -0.495 e. The number of halogens is 1. The van der Waals surface area contributed by atoms with Crippen molar-refractivity contribution in [3.63, 3.8) is 0 Å². The summed E-state index contributed by atoms with van der Waals surface area (Å²) in [4.78, 5) is 4.23. The van der Waals surface area contributed by atoms with Crippen molar-refractivity contribution < 1.29 is 4.74 Å². The van der Waals surface area contributed by atoms with Crippen LogP contribution < -0.4 is 4.74 Å². The summed E-state index contributed by atoms with van der Waals surface area (Å²) in [5.41, 5.74) is 2.01. The zero-order valence-electron chi connectivity index (χ0n) is 7.41. The van der Waals surface area contributed by atoms with Crippen molar-refractivity contribution >= 4 is 21.6 Å². The summed E-state index contributed by atoms with van der Waals surface area (Å²) < 4.78 is 8.10. The van der Waals surface area contributed by atoms with E-state index >= 15 is 0 Å². The van der Waals surface area contributed by atoms with Gasteiger partial charge in [-0.05, 0) is 22.9 Å². The van der Waals surface area contributed by atoms with Gasteiger partial charge in [0.15, 0.2) is 0 Å². The van der Waals surface area contributed by atoms with Crippen LogP contribution >= 0.6 is 15.9 Å². The third-order valence-corrected chi connectivity index (χ3v) is 2.56. The molecule has 2 aromatic heterocycles. The van der Waals surface area contributed by atoms with Gasteiger partial charge in [0, 0.05) is 24.2 Å². The van der Waals surface area contributed by atoms with Crippen LogP contribution in [0.1, 0.15) is 5.69 Å². The molecule has 0 aliphatic carbocycles. The maximum atomic E-state index is 5.16. The number of fused-ring (bicyclic) bond motifs is 1. The first-order valence-corrected chi connectivity index (χ1v) is 4.69. The van der Waals surface area contributed by atoms with Gasteiger partial charge in [-0.1, -0.05) is 0 Å². The summed E-state index contributed by atoms with van der Waals surface area (Å²) in [5.74, 6) is 0.804. The number of ether oxygens (including phenoxy) is 1. The van der Waals surface area contributed by atoms with E-state index in [0.29, 0.717) is 0 Å². The molecular formula is C9H9BrN2O. The van der Waals surface area contributed by atoms with Crippen molar-refractivity contribution in [3.05, 3.63) is 28.6 Å². The molecule has 0 spiro atoms. The predicted octanol–water partition coefficient (Wildman–Crippen LogP) is 2.41. The highest BCUT2D eigenvalue weighted by atomic mass is 79.9. The van der Waals surface area contributed by atoms with Gasteiger partial charge in [-0.3, -0.25) is 0 Å². The van der Waals surface area contributed by atoms with E-state index in [1.54, 1.807) is 7.11 Å². The zero-order valence-corrected chi connectivity index (χ0v) is 9.00. The highest BCUT2D eigenvalue weighted by molar-refractivity contribution is 9.10. The molecule has 0 bridgehead atoms. The molecule has 0 aromatic carbocycles. The Morgan fingerprint density at radius 1 is 1.54 bits per heavy atom. The quantitative estimate of drug-likeness (QED) is 0.766. The van der Waals surface area contributed by atoms with E-state index in [2.05, 4.69) is 20.9 Å². The number of hydrogen-bond donors (Lipinski definition) is 0. The molecule has 0 aliphatic rings. The summed E-state index contributed by atoms with van der Waals surface area (Å²) >= 11 is 3.42. The molecule has 0 amide bonds. The van der Waals surface area contributed by atoms with Gasteiger partial charge in [0.2, 0.25) is 0 Å². The van der Waals surface area contributed by atoms with Crippen molar-refractivity contribution in [3.8, 4) is 5.75 Å². The zero-order chi connectivity index (χ0) is 9.42. The molecule has 4 heteroatoms. The average molecular weight is 241 g/mol. The van der Waals surface area contributed by atoms with E-state index in [4.69, 9.17) is 4.74 Å². The second-order valence-electron chi connectivity index (χ2n) is 2.82. The van der Waals surface area contributed by atoms with Crippen molar-refractivity contribution in [1.82, 2.24) is 9.38 Å². The maximum Gasteiger partial charge on any atom is 0.140 e. The Kier molecular flexibility index (Phi) is 2.00. The van der Waals surface area contributed by atoms with Crippen LogP contribution in [0.4, 0.5) is 0 Å². The number of aryl methyl sites for hydroxylation is 1. The Labute approximate surface area is 84.5 Å². The van der Waals surface area contributed by atoms with E-state index in [1.165, 1.54) is 0 Å². The van der Waals surface area contributed by atoms with E-state index in [1.807, 2.05) is 29.8 Å². The lowest BCUT2D eigenvalue weighted by molar-refractivity contribution is 0.412. The summed E-state index contributed by atoms with van der Waals surface area (Å²) in [6.07, 6.45) is 3.79.